The van der Waals surface area contributed by atoms with Crippen molar-refractivity contribution in [1.82, 2.24) is 4.57 Å². The second-order valence-electron chi connectivity index (χ2n) is 6.93. The maximum absolute atomic E-state index is 13.6. The summed E-state index contributed by atoms with van der Waals surface area (Å²) < 4.78 is 15.9. The Morgan fingerprint density at radius 2 is 1.81 bits per heavy atom. The Morgan fingerprint density at radius 1 is 1.10 bits per heavy atom. The number of halogens is 1. The second kappa shape index (κ2) is 8.09. The van der Waals surface area contributed by atoms with Crippen LogP contribution in [0.4, 0.5) is 15.8 Å². The van der Waals surface area contributed by atoms with Gasteiger partial charge < -0.3 is 4.57 Å². The number of nitro benzene ring substituents is 1. The summed E-state index contributed by atoms with van der Waals surface area (Å²) in [5.74, 6) is -0.747. The van der Waals surface area contributed by atoms with Gasteiger partial charge in [0.2, 0.25) is 0 Å². The van der Waals surface area contributed by atoms with E-state index in [1.807, 2.05) is 24.5 Å². The molecule has 6 nitrogen and oxygen atoms in total. The van der Waals surface area contributed by atoms with Crippen molar-refractivity contribution in [2.75, 3.05) is 4.90 Å². The summed E-state index contributed by atoms with van der Waals surface area (Å²) in [6.07, 6.45) is 1.77. The number of thioether (sulfide) groups is 1. The number of thiocarbonyl (C=S) groups is 1. The first-order chi connectivity index (χ1) is 14.8. The Hall–Kier alpha value is -3.30. The van der Waals surface area contributed by atoms with Gasteiger partial charge in [0.15, 0.2) is 4.32 Å². The van der Waals surface area contributed by atoms with Crippen molar-refractivity contribution < 1.29 is 14.1 Å². The molecule has 2 aromatic carbocycles. The van der Waals surface area contributed by atoms with Gasteiger partial charge in [0.25, 0.3) is 11.6 Å². The smallest absolute Gasteiger partial charge is 0.270 e. The number of benzene rings is 2. The number of amides is 1. The van der Waals surface area contributed by atoms with Crippen molar-refractivity contribution in [1.29, 1.82) is 0 Å². The molecule has 0 bridgehead atoms. The SMILES string of the molecule is Cc1cc(/C=C2/SC(=S)N(c3cccc(F)c3)C2=O)c(C)n1-c1ccc([N+](=O)[O-])cc1. The van der Waals surface area contributed by atoms with Crippen LogP contribution in [-0.4, -0.2) is 19.7 Å². The molecule has 9 heteroatoms. The maximum Gasteiger partial charge on any atom is 0.270 e. The molecule has 0 radical (unpaired) electrons. The van der Waals surface area contributed by atoms with Crippen LogP contribution in [0.2, 0.25) is 0 Å². The molecule has 1 amide bonds. The molecule has 0 unspecified atom stereocenters. The fourth-order valence-corrected chi connectivity index (χ4v) is 4.79. The summed E-state index contributed by atoms with van der Waals surface area (Å²) in [5, 5.41) is 10.9. The molecule has 0 aliphatic carbocycles. The molecule has 1 fully saturated rings. The van der Waals surface area contributed by atoms with Gasteiger partial charge in [-0.1, -0.05) is 30.0 Å². The van der Waals surface area contributed by atoms with E-state index in [1.54, 1.807) is 24.3 Å². The number of carbonyl (C=O) groups excluding carboxylic acids is 1. The van der Waals surface area contributed by atoms with Crippen LogP contribution < -0.4 is 4.90 Å². The Labute approximate surface area is 187 Å². The summed E-state index contributed by atoms with van der Waals surface area (Å²) in [7, 11) is 0. The molecular formula is C22H16FN3O3S2. The lowest BCUT2D eigenvalue weighted by atomic mass is 10.2. The first-order valence-electron chi connectivity index (χ1n) is 9.23. The Kier molecular flexibility index (Phi) is 5.47. The summed E-state index contributed by atoms with van der Waals surface area (Å²) in [6, 6.07) is 14.0. The number of aromatic nitrogens is 1. The van der Waals surface area contributed by atoms with Crippen molar-refractivity contribution in [3.05, 3.63) is 92.4 Å². The van der Waals surface area contributed by atoms with E-state index in [-0.39, 0.29) is 11.6 Å². The average Bonchev–Trinajstić information content (AvgIpc) is 3.16. The van der Waals surface area contributed by atoms with Gasteiger partial charge in [-0.2, -0.15) is 0 Å². The second-order valence-corrected chi connectivity index (χ2v) is 8.61. The summed E-state index contributed by atoms with van der Waals surface area (Å²) in [5.41, 5.74) is 3.82. The van der Waals surface area contributed by atoms with E-state index < -0.39 is 10.7 Å². The highest BCUT2D eigenvalue weighted by atomic mass is 32.2. The van der Waals surface area contributed by atoms with Crippen LogP contribution in [0.1, 0.15) is 17.0 Å². The topological polar surface area (TPSA) is 68.4 Å². The van der Waals surface area contributed by atoms with Gasteiger partial charge in [0, 0.05) is 29.2 Å². The van der Waals surface area contributed by atoms with E-state index in [0.29, 0.717) is 14.9 Å². The minimum Gasteiger partial charge on any atom is -0.318 e. The van der Waals surface area contributed by atoms with Gasteiger partial charge in [-0.05, 0) is 61.9 Å². The zero-order chi connectivity index (χ0) is 22.3. The number of hydrogen-bond donors (Lipinski definition) is 0. The van der Waals surface area contributed by atoms with Gasteiger partial charge in [0.05, 0.1) is 15.5 Å². The Bertz CT molecular complexity index is 1270. The maximum atomic E-state index is 13.6. The van der Waals surface area contributed by atoms with Gasteiger partial charge in [-0.3, -0.25) is 19.8 Å². The number of non-ortho nitro benzene ring substituents is 1. The molecule has 1 aliphatic heterocycles. The molecule has 0 atom stereocenters. The van der Waals surface area contributed by atoms with Crippen LogP contribution in [-0.2, 0) is 4.79 Å². The van der Waals surface area contributed by atoms with Gasteiger partial charge >= 0.3 is 0 Å². The van der Waals surface area contributed by atoms with Gasteiger partial charge in [-0.15, -0.1) is 0 Å². The summed E-state index contributed by atoms with van der Waals surface area (Å²) in [6.45, 7) is 3.83. The number of aryl methyl sites for hydroxylation is 1. The van der Waals surface area contributed by atoms with E-state index in [2.05, 4.69) is 0 Å². The number of anilines is 1. The van der Waals surface area contributed by atoms with Gasteiger partial charge in [0.1, 0.15) is 5.82 Å². The van der Waals surface area contributed by atoms with E-state index in [9.17, 15) is 19.3 Å². The number of nitro groups is 1. The highest BCUT2D eigenvalue weighted by molar-refractivity contribution is 8.27. The molecule has 2 heterocycles. The predicted octanol–water partition coefficient (Wildman–Crippen LogP) is 5.55. The lowest BCUT2D eigenvalue weighted by Gasteiger charge is -2.14. The van der Waals surface area contributed by atoms with E-state index in [0.717, 1.165) is 34.4 Å². The lowest BCUT2D eigenvalue weighted by molar-refractivity contribution is -0.384. The van der Waals surface area contributed by atoms with Crippen LogP contribution in [0.25, 0.3) is 11.8 Å². The van der Waals surface area contributed by atoms with Crippen molar-refractivity contribution in [2.45, 2.75) is 13.8 Å². The largest absolute Gasteiger partial charge is 0.318 e. The third-order valence-corrected chi connectivity index (χ3v) is 6.24. The van der Waals surface area contributed by atoms with Crippen LogP contribution >= 0.6 is 24.0 Å². The molecular weight excluding hydrogens is 437 g/mol. The predicted molar refractivity (Wildman–Crippen MR) is 124 cm³/mol. The van der Waals surface area contributed by atoms with Crippen molar-refractivity contribution in [3.8, 4) is 5.69 Å². The first kappa shape index (κ1) is 21.0. The first-order valence-corrected chi connectivity index (χ1v) is 10.5. The monoisotopic (exact) mass is 453 g/mol. The fourth-order valence-electron chi connectivity index (χ4n) is 3.50. The van der Waals surface area contributed by atoms with Crippen LogP contribution in [0, 0.1) is 29.8 Å². The molecule has 1 aromatic heterocycles. The van der Waals surface area contributed by atoms with Crippen molar-refractivity contribution >= 4 is 51.7 Å². The van der Waals surface area contributed by atoms with Crippen LogP contribution in [0.15, 0.2) is 59.5 Å². The Balaban J connectivity index is 1.68. The van der Waals surface area contributed by atoms with Crippen molar-refractivity contribution in [3.63, 3.8) is 0 Å². The molecule has 156 valence electrons. The van der Waals surface area contributed by atoms with Crippen LogP contribution in [0.3, 0.4) is 0 Å². The molecule has 0 saturated carbocycles. The van der Waals surface area contributed by atoms with E-state index in [1.165, 1.54) is 35.2 Å². The summed E-state index contributed by atoms with van der Waals surface area (Å²) in [4.78, 5) is 25.2. The van der Waals surface area contributed by atoms with E-state index in [4.69, 9.17) is 12.2 Å². The Morgan fingerprint density at radius 3 is 2.45 bits per heavy atom. The number of nitrogens with zero attached hydrogens (tertiary/aromatic N) is 3. The molecule has 0 spiro atoms. The van der Waals surface area contributed by atoms with E-state index >= 15 is 0 Å². The molecule has 0 N–H and O–H groups in total. The number of hydrogen-bond acceptors (Lipinski definition) is 5. The molecule has 1 saturated heterocycles. The molecule has 31 heavy (non-hydrogen) atoms. The number of rotatable bonds is 4. The molecule has 1 aliphatic rings. The normalized spacial score (nSPS) is 15.2. The van der Waals surface area contributed by atoms with Crippen molar-refractivity contribution in [2.24, 2.45) is 0 Å². The average molecular weight is 454 g/mol. The third-order valence-electron chi connectivity index (χ3n) is 4.94. The zero-order valence-corrected chi connectivity index (χ0v) is 18.2. The van der Waals surface area contributed by atoms with Crippen LogP contribution in [0.5, 0.6) is 0 Å². The minimum atomic E-state index is -0.442. The highest BCUT2D eigenvalue weighted by Gasteiger charge is 2.33. The highest BCUT2D eigenvalue weighted by Crippen LogP contribution is 2.37. The quantitative estimate of drug-likeness (QED) is 0.224. The lowest BCUT2D eigenvalue weighted by Crippen LogP contribution is -2.27. The summed E-state index contributed by atoms with van der Waals surface area (Å²) >= 11 is 6.52. The third kappa shape index (κ3) is 3.89. The molecule has 4 rings (SSSR count). The number of carbonyl (C=O) groups is 1. The minimum absolute atomic E-state index is 0.0208. The standard InChI is InChI=1S/C22H16FN3O3S2/c1-13-10-15(14(2)24(13)17-6-8-18(9-7-17)26(28)29)11-20-21(27)25(22(30)31-20)19-5-3-4-16(23)12-19/h3-12H,1-2H3/b20-11+. The molecule has 3 aromatic rings. The zero-order valence-electron chi connectivity index (χ0n) is 16.5. The van der Waals surface area contributed by atoms with Gasteiger partial charge in [-0.25, -0.2) is 4.39 Å². The fraction of sp³-hybridized carbons (Fsp3) is 0.0909.